The summed E-state index contributed by atoms with van der Waals surface area (Å²) in [5, 5.41) is 4.40. The fraction of sp³-hybridized carbons (Fsp3) is 0.176. The van der Waals surface area contributed by atoms with E-state index in [1.54, 1.807) is 31.4 Å². The van der Waals surface area contributed by atoms with Gasteiger partial charge in [0.05, 0.1) is 18.8 Å². The van der Waals surface area contributed by atoms with Gasteiger partial charge in [0.2, 0.25) is 5.91 Å². The number of ether oxygens (including phenoxy) is 1. The molecule has 2 rings (SSSR count). The highest BCUT2D eigenvalue weighted by atomic mass is 19.2. The summed E-state index contributed by atoms with van der Waals surface area (Å²) in [6.45, 7) is -0.0544. The first-order valence-electron chi connectivity index (χ1n) is 7.21. The third-order valence-electron chi connectivity index (χ3n) is 3.25. The van der Waals surface area contributed by atoms with Gasteiger partial charge in [-0.05, 0) is 29.8 Å². The quantitative estimate of drug-likeness (QED) is 0.786. The molecule has 0 aliphatic rings. The van der Waals surface area contributed by atoms with Gasteiger partial charge in [-0.25, -0.2) is 13.2 Å². The van der Waals surface area contributed by atoms with Crippen LogP contribution in [0.25, 0.3) is 0 Å². The fourth-order valence-electron chi connectivity index (χ4n) is 2.00. The van der Waals surface area contributed by atoms with Crippen LogP contribution in [-0.4, -0.2) is 25.5 Å². The van der Waals surface area contributed by atoms with Crippen LogP contribution in [0.1, 0.15) is 15.9 Å². The second-order valence-corrected chi connectivity index (χ2v) is 5.08. The number of anilines is 1. The zero-order valence-corrected chi connectivity index (χ0v) is 13.2. The molecule has 0 unspecified atom stereocenters. The Hall–Kier alpha value is -2.87. The number of carbonyl (C=O) groups excluding carboxylic acids is 2. The summed E-state index contributed by atoms with van der Waals surface area (Å²) in [6.07, 6.45) is 0. The molecule has 0 aliphatic heterocycles. The Kier molecular flexibility index (Phi) is 6.13. The highest BCUT2D eigenvalue weighted by Crippen LogP contribution is 2.19. The Balaban J connectivity index is 1.91. The number of rotatable bonds is 6. The molecule has 0 fully saturated rings. The van der Waals surface area contributed by atoms with Crippen molar-refractivity contribution >= 4 is 17.5 Å². The molecule has 25 heavy (non-hydrogen) atoms. The van der Waals surface area contributed by atoms with Crippen LogP contribution in [0.15, 0.2) is 36.4 Å². The number of hydrogen-bond acceptors (Lipinski definition) is 3. The predicted octanol–water partition coefficient (Wildman–Crippen LogP) is 2.62. The smallest absolute Gasteiger partial charge is 0.251 e. The highest BCUT2D eigenvalue weighted by molar-refractivity contribution is 5.99. The summed E-state index contributed by atoms with van der Waals surface area (Å²) in [4.78, 5) is 23.6. The topological polar surface area (TPSA) is 67.4 Å². The van der Waals surface area contributed by atoms with Crippen LogP contribution in [0.3, 0.4) is 0 Å². The summed E-state index contributed by atoms with van der Waals surface area (Å²) >= 11 is 0. The first-order chi connectivity index (χ1) is 11.9. The van der Waals surface area contributed by atoms with Gasteiger partial charge in [0.1, 0.15) is 0 Å². The van der Waals surface area contributed by atoms with Gasteiger partial charge in [-0.15, -0.1) is 0 Å². The molecule has 0 saturated carbocycles. The Morgan fingerprint density at radius 2 is 1.68 bits per heavy atom. The van der Waals surface area contributed by atoms with E-state index in [-0.39, 0.29) is 0 Å². The average molecular weight is 352 g/mol. The van der Waals surface area contributed by atoms with Crippen molar-refractivity contribution in [3.05, 3.63) is 65.0 Å². The average Bonchev–Trinajstić information content (AvgIpc) is 2.61. The van der Waals surface area contributed by atoms with Crippen LogP contribution >= 0.6 is 0 Å². The lowest BCUT2D eigenvalue weighted by Crippen LogP contribution is -2.33. The van der Waals surface area contributed by atoms with Crippen molar-refractivity contribution < 1.29 is 27.5 Å². The Labute approximate surface area is 141 Å². The maximum absolute atomic E-state index is 13.5. The highest BCUT2D eigenvalue weighted by Gasteiger charge is 2.15. The molecule has 0 aliphatic carbocycles. The van der Waals surface area contributed by atoms with Crippen LogP contribution in [-0.2, 0) is 16.1 Å². The molecule has 132 valence electrons. The van der Waals surface area contributed by atoms with Crippen molar-refractivity contribution in [2.75, 3.05) is 19.0 Å². The van der Waals surface area contributed by atoms with Crippen LogP contribution in [0.4, 0.5) is 18.9 Å². The summed E-state index contributed by atoms with van der Waals surface area (Å²) < 4.78 is 44.3. The minimum atomic E-state index is -1.68. The third kappa shape index (κ3) is 4.80. The number of nitrogens with one attached hydrogen (secondary N) is 2. The zero-order chi connectivity index (χ0) is 18.4. The van der Waals surface area contributed by atoms with Gasteiger partial charge in [-0.3, -0.25) is 9.59 Å². The molecule has 0 bridgehead atoms. The van der Waals surface area contributed by atoms with Crippen LogP contribution < -0.4 is 10.6 Å². The molecule has 0 heterocycles. The van der Waals surface area contributed by atoms with Crippen molar-refractivity contribution in [2.24, 2.45) is 0 Å². The molecule has 0 spiro atoms. The molecule has 5 nitrogen and oxygen atoms in total. The fourth-order valence-corrected chi connectivity index (χ4v) is 2.00. The number of carbonyl (C=O) groups is 2. The van der Waals surface area contributed by atoms with E-state index in [2.05, 4.69) is 10.6 Å². The number of methoxy groups -OCH3 is 1. The Bertz CT molecular complexity index is 779. The lowest BCUT2D eigenvalue weighted by atomic mass is 10.1. The summed E-state index contributed by atoms with van der Waals surface area (Å²) in [5.41, 5.74) is 0.694. The van der Waals surface area contributed by atoms with E-state index in [1.807, 2.05) is 0 Å². The van der Waals surface area contributed by atoms with Gasteiger partial charge < -0.3 is 15.4 Å². The van der Waals surface area contributed by atoms with E-state index in [1.165, 1.54) is 0 Å². The molecule has 8 heteroatoms. The van der Waals surface area contributed by atoms with E-state index < -0.39 is 41.5 Å². The molecule has 0 radical (unpaired) electrons. The van der Waals surface area contributed by atoms with Gasteiger partial charge >= 0.3 is 0 Å². The summed E-state index contributed by atoms with van der Waals surface area (Å²) in [6, 6.07) is 8.12. The van der Waals surface area contributed by atoms with Crippen LogP contribution in [0.5, 0.6) is 0 Å². The monoisotopic (exact) mass is 352 g/mol. The third-order valence-corrected chi connectivity index (χ3v) is 3.25. The SMILES string of the molecule is COCc1ccc(C(=O)NCC(=O)Nc2ccc(F)c(F)c2F)cc1. The standard InChI is InChI=1S/C17H15F3N2O3/c1-25-9-10-2-4-11(5-3-10)17(24)21-8-14(23)22-13-7-6-12(18)15(19)16(13)20/h2-7H,8-9H2,1H3,(H,21,24)(H,22,23). The normalized spacial score (nSPS) is 10.4. The molecular formula is C17H15F3N2O3. The van der Waals surface area contributed by atoms with Gasteiger partial charge in [0, 0.05) is 12.7 Å². The van der Waals surface area contributed by atoms with Gasteiger partial charge in [-0.1, -0.05) is 12.1 Å². The van der Waals surface area contributed by atoms with Crippen molar-refractivity contribution in [1.29, 1.82) is 0 Å². The van der Waals surface area contributed by atoms with Crippen LogP contribution in [0, 0.1) is 17.5 Å². The number of halogens is 3. The van der Waals surface area contributed by atoms with Gasteiger partial charge in [0.25, 0.3) is 5.91 Å². The van der Waals surface area contributed by atoms with Crippen molar-refractivity contribution in [3.8, 4) is 0 Å². The minimum Gasteiger partial charge on any atom is -0.380 e. The number of amides is 2. The summed E-state index contributed by atoms with van der Waals surface area (Å²) in [5.74, 6) is -5.84. The number of hydrogen-bond donors (Lipinski definition) is 2. The molecule has 2 N–H and O–H groups in total. The largest absolute Gasteiger partial charge is 0.380 e. The van der Waals surface area contributed by atoms with E-state index in [4.69, 9.17) is 4.74 Å². The predicted molar refractivity (Wildman–Crippen MR) is 84.4 cm³/mol. The van der Waals surface area contributed by atoms with E-state index in [0.29, 0.717) is 18.2 Å². The molecule has 2 amide bonds. The molecule has 0 atom stereocenters. The van der Waals surface area contributed by atoms with Crippen molar-refractivity contribution in [3.63, 3.8) is 0 Å². The molecule has 0 aromatic heterocycles. The number of benzene rings is 2. The first-order valence-corrected chi connectivity index (χ1v) is 7.21. The Morgan fingerprint density at radius 3 is 2.32 bits per heavy atom. The maximum atomic E-state index is 13.5. The molecule has 2 aromatic carbocycles. The maximum Gasteiger partial charge on any atom is 0.251 e. The van der Waals surface area contributed by atoms with Gasteiger partial charge in [-0.2, -0.15) is 0 Å². The first kappa shape index (κ1) is 18.5. The molecule has 2 aromatic rings. The van der Waals surface area contributed by atoms with Crippen molar-refractivity contribution in [1.82, 2.24) is 5.32 Å². The Morgan fingerprint density at radius 1 is 1.00 bits per heavy atom. The summed E-state index contributed by atoms with van der Waals surface area (Å²) in [7, 11) is 1.55. The minimum absolute atomic E-state index is 0.326. The molecular weight excluding hydrogens is 337 g/mol. The lowest BCUT2D eigenvalue weighted by Gasteiger charge is -2.09. The second-order valence-electron chi connectivity index (χ2n) is 5.08. The zero-order valence-electron chi connectivity index (χ0n) is 13.2. The van der Waals surface area contributed by atoms with E-state index in [9.17, 15) is 22.8 Å². The van der Waals surface area contributed by atoms with Gasteiger partial charge in [0.15, 0.2) is 17.5 Å². The van der Waals surface area contributed by atoms with Crippen LogP contribution in [0.2, 0.25) is 0 Å². The van der Waals surface area contributed by atoms with E-state index in [0.717, 1.165) is 11.6 Å². The second kappa shape index (κ2) is 8.29. The van der Waals surface area contributed by atoms with Crippen molar-refractivity contribution in [2.45, 2.75) is 6.61 Å². The van der Waals surface area contributed by atoms with E-state index >= 15 is 0 Å². The lowest BCUT2D eigenvalue weighted by molar-refractivity contribution is -0.115. The molecule has 0 saturated heterocycles.